The summed E-state index contributed by atoms with van der Waals surface area (Å²) in [7, 11) is -3.12. The van der Waals surface area contributed by atoms with E-state index in [2.05, 4.69) is 5.32 Å². The zero-order valence-corrected chi connectivity index (χ0v) is 15.7. The second kappa shape index (κ2) is 7.09. The van der Waals surface area contributed by atoms with Gasteiger partial charge in [-0.3, -0.25) is 4.79 Å². The Labute approximate surface area is 157 Å². The van der Waals surface area contributed by atoms with E-state index in [1.54, 1.807) is 28.6 Å². The first-order valence-electron chi connectivity index (χ1n) is 9.25. The molecule has 8 heteroatoms. The van der Waals surface area contributed by atoms with Crippen molar-refractivity contribution in [3.8, 4) is 0 Å². The summed E-state index contributed by atoms with van der Waals surface area (Å²) in [6, 6.07) is 8.59. The smallest absolute Gasteiger partial charge is 0.349 e. The predicted octanol–water partition coefficient (Wildman–Crippen LogP) is 1.73. The molecule has 2 fully saturated rings. The number of sulfonamides is 1. The van der Waals surface area contributed by atoms with E-state index in [1.807, 2.05) is 6.07 Å². The Balaban J connectivity index is 1.35. The molecular formula is C19H22N2O5S. The molecule has 1 saturated heterocycles. The average Bonchev–Trinajstić information content (AvgIpc) is 3.52. The maximum absolute atomic E-state index is 12.4. The number of nitrogens with one attached hydrogen (secondary N) is 1. The molecule has 0 bridgehead atoms. The number of hydrogen-bond donors (Lipinski definition) is 1. The highest BCUT2D eigenvalue weighted by molar-refractivity contribution is 7.90. The number of benzene rings is 1. The van der Waals surface area contributed by atoms with E-state index < -0.39 is 21.6 Å². The number of amides is 1. The number of carbonyl (C=O) groups excluding carboxylic acids is 1. The maximum Gasteiger partial charge on any atom is 0.349 e. The van der Waals surface area contributed by atoms with Crippen molar-refractivity contribution >= 4 is 26.9 Å². The summed E-state index contributed by atoms with van der Waals surface area (Å²) in [6.07, 6.45) is 2.95. The third-order valence-electron chi connectivity index (χ3n) is 5.32. The lowest BCUT2D eigenvalue weighted by molar-refractivity contribution is 0.0938. The van der Waals surface area contributed by atoms with Gasteiger partial charge >= 0.3 is 5.63 Å². The van der Waals surface area contributed by atoms with Crippen LogP contribution in [0.15, 0.2) is 39.5 Å². The molecule has 0 spiro atoms. The van der Waals surface area contributed by atoms with E-state index in [0.29, 0.717) is 43.4 Å². The van der Waals surface area contributed by atoms with Crippen LogP contribution in [0.3, 0.4) is 0 Å². The van der Waals surface area contributed by atoms with E-state index in [0.717, 1.165) is 12.8 Å². The van der Waals surface area contributed by atoms with Crippen LogP contribution in [-0.4, -0.2) is 43.5 Å². The zero-order chi connectivity index (χ0) is 19.0. The van der Waals surface area contributed by atoms with Gasteiger partial charge in [-0.1, -0.05) is 18.2 Å². The molecule has 1 amide bonds. The van der Waals surface area contributed by atoms with Crippen molar-refractivity contribution in [2.24, 2.45) is 5.92 Å². The molecule has 1 aromatic carbocycles. The van der Waals surface area contributed by atoms with Gasteiger partial charge in [0.05, 0.1) is 5.25 Å². The van der Waals surface area contributed by atoms with Gasteiger partial charge in [-0.25, -0.2) is 17.5 Å². The SMILES string of the molecule is O=C(NCC1CCN(S(=O)(=O)C2CC2)CC1)c1cc2ccccc2oc1=O. The van der Waals surface area contributed by atoms with E-state index in [1.165, 1.54) is 0 Å². The van der Waals surface area contributed by atoms with E-state index in [4.69, 9.17) is 4.42 Å². The van der Waals surface area contributed by atoms with Gasteiger partial charge in [-0.15, -0.1) is 0 Å². The zero-order valence-electron chi connectivity index (χ0n) is 14.9. The molecule has 0 unspecified atom stereocenters. The molecule has 7 nitrogen and oxygen atoms in total. The molecule has 4 rings (SSSR count). The summed E-state index contributed by atoms with van der Waals surface area (Å²) in [5.74, 6) is -0.255. The standard InChI is InChI=1S/C19H22N2O5S/c22-18(16-11-14-3-1-2-4-17(14)26-19(16)23)20-12-13-7-9-21(10-8-13)27(24,25)15-5-6-15/h1-4,11,13,15H,5-10,12H2,(H,20,22). The number of fused-ring (bicyclic) bond motifs is 1. The Morgan fingerprint density at radius 3 is 2.56 bits per heavy atom. The van der Waals surface area contributed by atoms with Crippen LogP contribution in [0.25, 0.3) is 11.0 Å². The third-order valence-corrected chi connectivity index (χ3v) is 7.72. The molecule has 2 aromatic rings. The van der Waals surface area contributed by atoms with Gasteiger partial charge < -0.3 is 9.73 Å². The lowest BCUT2D eigenvalue weighted by atomic mass is 9.98. The molecule has 1 saturated carbocycles. The molecule has 0 radical (unpaired) electrons. The Kier molecular flexibility index (Phi) is 4.77. The van der Waals surface area contributed by atoms with Crippen molar-refractivity contribution in [2.45, 2.75) is 30.9 Å². The topological polar surface area (TPSA) is 96.7 Å². The quantitative estimate of drug-likeness (QED) is 0.784. The summed E-state index contributed by atoms with van der Waals surface area (Å²) in [4.78, 5) is 24.4. The summed E-state index contributed by atoms with van der Waals surface area (Å²) in [5, 5.41) is 3.31. The second-order valence-corrected chi connectivity index (χ2v) is 9.50. The average molecular weight is 390 g/mol. The molecule has 1 N–H and O–H groups in total. The van der Waals surface area contributed by atoms with Crippen molar-refractivity contribution in [3.63, 3.8) is 0 Å². The van der Waals surface area contributed by atoms with Crippen LogP contribution < -0.4 is 10.9 Å². The van der Waals surface area contributed by atoms with Crippen molar-refractivity contribution < 1.29 is 17.6 Å². The van der Waals surface area contributed by atoms with Crippen LogP contribution in [0, 0.1) is 5.92 Å². The van der Waals surface area contributed by atoms with Crippen LogP contribution >= 0.6 is 0 Å². The molecule has 1 aliphatic carbocycles. The van der Waals surface area contributed by atoms with Crippen molar-refractivity contribution in [2.75, 3.05) is 19.6 Å². The number of carbonyl (C=O) groups is 1. The van der Waals surface area contributed by atoms with Gasteiger partial charge in [-0.05, 0) is 43.7 Å². The van der Waals surface area contributed by atoms with Crippen LogP contribution in [0.5, 0.6) is 0 Å². The third kappa shape index (κ3) is 3.77. The van der Waals surface area contributed by atoms with E-state index in [9.17, 15) is 18.0 Å². The lowest BCUT2D eigenvalue weighted by Gasteiger charge is -2.31. The fourth-order valence-electron chi connectivity index (χ4n) is 3.50. The summed E-state index contributed by atoms with van der Waals surface area (Å²) in [6.45, 7) is 1.41. The fraction of sp³-hybridized carbons (Fsp3) is 0.474. The van der Waals surface area contributed by atoms with Crippen LogP contribution in [0.2, 0.25) is 0 Å². The van der Waals surface area contributed by atoms with Crippen LogP contribution in [0.1, 0.15) is 36.0 Å². The Morgan fingerprint density at radius 1 is 1.15 bits per heavy atom. The van der Waals surface area contributed by atoms with Gasteiger partial charge in [0, 0.05) is 25.0 Å². The summed E-state index contributed by atoms with van der Waals surface area (Å²) in [5.41, 5.74) is -0.220. The van der Waals surface area contributed by atoms with Crippen molar-refractivity contribution in [1.29, 1.82) is 0 Å². The summed E-state index contributed by atoms with van der Waals surface area (Å²) >= 11 is 0. The lowest BCUT2D eigenvalue weighted by Crippen LogP contribution is -2.43. The van der Waals surface area contributed by atoms with Crippen molar-refractivity contribution in [1.82, 2.24) is 9.62 Å². The molecule has 27 heavy (non-hydrogen) atoms. The minimum atomic E-state index is -3.12. The van der Waals surface area contributed by atoms with Crippen LogP contribution in [-0.2, 0) is 10.0 Å². The minimum Gasteiger partial charge on any atom is -0.422 e. The molecule has 1 aliphatic heterocycles. The molecule has 2 aliphatic rings. The normalized spacial score (nSPS) is 19.3. The van der Waals surface area contributed by atoms with Crippen LogP contribution in [0.4, 0.5) is 0 Å². The van der Waals surface area contributed by atoms with Gasteiger partial charge in [0.15, 0.2) is 0 Å². The molecule has 1 aromatic heterocycles. The number of rotatable bonds is 5. The highest BCUT2D eigenvalue weighted by atomic mass is 32.2. The monoisotopic (exact) mass is 390 g/mol. The highest BCUT2D eigenvalue weighted by Gasteiger charge is 2.41. The van der Waals surface area contributed by atoms with Gasteiger partial charge in [0.2, 0.25) is 10.0 Å². The second-order valence-electron chi connectivity index (χ2n) is 7.28. The minimum absolute atomic E-state index is 0.0116. The Hall–Kier alpha value is -2.19. The predicted molar refractivity (Wildman–Crippen MR) is 101 cm³/mol. The van der Waals surface area contributed by atoms with Gasteiger partial charge in [0.1, 0.15) is 11.1 Å². The first-order valence-corrected chi connectivity index (χ1v) is 10.8. The molecule has 0 atom stereocenters. The van der Waals surface area contributed by atoms with E-state index >= 15 is 0 Å². The number of hydrogen-bond acceptors (Lipinski definition) is 5. The Bertz CT molecular complexity index is 1020. The van der Waals surface area contributed by atoms with Gasteiger partial charge in [-0.2, -0.15) is 0 Å². The number of piperidine rings is 1. The maximum atomic E-state index is 12.4. The number of para-hydroxylation sites is 1. The molecule has 144 valence electrons. The van der Waals surface area contributed by atoms with Crippen molar-refractivity contribution in [3.05, 3.63) is 46.3 Å². The highest BCUT2D eigenvalue weighted by Crippen LogP contribution is 2.33. The number of nitrogens with zero attached hydrogens (tertiary/aromatic N) is 1. The fourth-order valence-corrected chi connectivity index (χ4v) is 5.37. The first kappa shape index (κ1) is 18.2. The molecular weight excluding hydrogens is 368 g/mol. The van der Waals surface area contributed by atoms with Gasteiger partial charge in [0.25, 0.3) is 5.91 Å². The molecule has 2 heterocycles. The largest absolute Gasteiger partial charge is 0.422 e. The summed E-state index contributed by atoms with van der Waals surface area (Å²) < 4.78 is 31.3. The first-order chi connectivity index (χ1) is 12.9. The van der Waals surface area contributed by atoms with E-state index in [-0.39, 0.29) is 16.7 Å². The Morgan fingerprint density at radius 2 is 1.85 bits per heavy atom.